The van der Waals surface area contributed by atoms with Crippen LogP contribution in [0.2, 0.25) is 0 Å². The zero-order valence-electron chi connectivity index (χ0n) is 19.6. The largest absolute Gasteiger partial charge is 0.379 e. The van der Waals surface area contributed by atoms with E-state index in [2.05, 4.69) is 15.5 Å². The van der Waals surface area contributed by atoms with Gasteiger partial charge in [-0.2, -0.15) is 0 Å². The van der Waals surface area contributed by atoms with Gasteiger partial charge in [-0.25, -0.2) is 0 Å². The lowest BCUT2D eigenvalue weighted by Crippen LogP contribution is -2.38. The van der Waals surface area contributed by atoms with Crippen molar-refractivity contribution < 1.29 is 19.1 Å². The predicted molar refractivity (Wildman–Crippen MR) is 131 cm³/mol. The van der Waals surface area contributed by atoms with E-state index in [-0.39, 0.29) is 24.1 Å². The number of carbonyl (C=O) groups excluding carboxylic acids is 3. The third-order valence-corrected chi connectivity index (χ3v) is 6.28. The van der Waals surface area contributed by atoms with Gasteiger partial charge in [0.05, 0.1) is 30.4 Å². The molecule has 0 spiro atoms. The summed E-state index contributed by atoms with van der Waals surface area (Å²) in [7, 11) is 0. The van der Waals surface area contributed by atoms with Crippen LogP contribution in [-0.2, 0) is 14.3 Å². The van der Waals surface area contributed by atoms with Crippen LogP contribution in [0.25, 0.3) is 0 Å². The Bertz CT molecular complexity index is 1030. The first kappa shape index (κ1) is 23.9. The van der Waals surface area contributed by atoms with Gasteiger partial charge in [-0.1, -0.05) is 24.3 Å². The zero-order chi connectivity index (χ0) is 23.9. The van der Waals surface area contributed by atoms with E-state index in [1.807, 2.05) is 31.2 Å². The lowest BCUT2D eigenvalue weighted by Gasteiger charge is -2.26. The van der Waals surface area contributed by atoms with Gasteiger partial charge in [-0.3, -0.25) is 19.3 Å². The normalized spacial score (nSPS) is 18.7. The summed E-state index contributed by atoms with van der Waals surface area (Å²) >= 11 is 0. The van der Waals surface area contributed by atoms with Crippen LogP contribution in [-0.4, -0.2) is 68.6 Å². The second kappa shape index (κ2) is 11.3. The number of amides is 3. The monoisotopic (exact) mass is 464 g/mol. The number of nitrogens with zero attached hydrogens (tertiary/aromatic N) is 2. The van der Waals surface area contributed by atoms with Crippen LogP contribution in [0, 0.1) is 12.8 Å². The van der Waals surface area contributed by atoms with Crippen molar-refractivity contribution in [2.75, 3.05) is 56.2 Å². The molecular weight excluding hydrogens is 432 g/mol. The number of rotatable bonds is 8. The Hall–Kier alpha value is -3.23. The van der Waals surface area contributed by atoms with Gasteiger partial charge in [-0.15, -0.1) is 0 Å². The first-order chi connectivity index (χ1) is 16.5. The maximum atomic E-state index is 13.0. The fraction of sp³-hybridized carbons (Fsp3) is 0.423. The maximum Gasteiger partial charge on any atom is 0.253 e. The lowest BCUT2D eigenvalue weighted by molar-refractivity contribution is -0.122. The van der Waals surface area contributed by atoms with Crippen molar-refractivity contribution >= 4 is 29.1 Å². The number of morpholine rings is 1. The summed E-state index contributed by atoms with van der Waals surface area (Å²) in [5, 5.41) is 5.83. The van der Waals surface area contributed by atoms with Gasteiger partial charge in [0.2, 0.25) is 11.8 Å². The summed E-state index contributed by atoms with van der Waals surface area (Å²) in [5.41, 5.74) is 2.74. The quantitative estimate of drug-likeness (QED) is 0.586. The molecule has 8 nitrogen and oxygen atoms in total. The molecule has 2 aliphatic rings. The Morgan fingerprint density at radius 1 is 1.09 bits per heavy atom. The number of hydrogen-bond donors (Lipinski definition) is 2. The average Bonchev–Trinajstić information content (AvgIpc) is 3.24. The minimum atomic E-state index is -0.474. The fourth-order valence-electron chi connectivity index (χ4n) is 4.38. The summed E-state index contributed by atoms with van der Waals surface area (Å²) in [6.45, 7) is 7.13. The average molecular weight is 465 g/mol. The smallest absolute Gasteiger partial charge is 0.253 e. The first-order valence-electron chi connectivity index (χ1n) is 11.9. The molecule has 4 rings (SSSR count). The van der Waals surface area contributed by atoms with Crippen LogP contribution in [0.4, 0.5) is 11.4 Å². The Morgan fingerprint density at radius 3 is 2.68 bits per heavy atom. The van der Waals surface area contributed by atoms with Crippen LogP contribution in [0.1, 0.15) is 28.8 Å². The van der Waals surface area contributed by atoms with Crippen molar-refractivity contribution in [2.24, 2.45) is 5.92 Å². The third-order valence-electron chi connectivity index (χ3n) is 6.28. The minimum absolute atomic E-state index is 0.0722. The molecule has 180 valence electrons. The highest BCUT2D eigenvalue weighted by molar-refractivity contribution is 6.07. The molecule has 1 atom stereocenters. The Morgan fingerprint density at radius 2 is 1.88 bits per heavy atom. The highest BCUT2D eigenvalue weighted by Crippen LogP contribution is 2.27. The number of ether oxygens (including phenoxy) is 1. The number of benzene rings is 2. The van der Waals surface area contributed by atoms with Crippen LogP contribution < -0.4 is 15.5 Å². The summed E-state index contributed by atoms with van der Waals surface area (Å²) < 4.78 is 5.36. The van der Waals surface area contributed by atoms with E-state index in [0.717, 1.165) is 50.5 Å². The predicted octanol–water partition coefficient (Wildman–Crippen LogP) is 2.44. The molecule has 2 aromatic carbocycles. The second-order valence-corrected chi connectivity index (χ2v) is 8.84. The number of aryl methyl sites for hydroxylation is 1. The Balaban J connectivity index is 1.32. The van der Waals surface area contributed by atoms with Crippen molar-refractivity contribution in [1.82, 2.24) is 10.2 Å². The van der Waals surface area contributed by atoms with Gasteiger partial charge in [0, 0.05) is 38.3 Å². The molecule has 2 N–H and O–H groups in total. The molecule has 0 radical (unpaired) electrons. The number of para-hydroxylation sites is 1. The van der Waals surface area contributed by atoms with E-state index >= 15 is 0 Å². The van der Waals surface area contributed by atoms with Gasteiger partial charge >= 0.3 is 0 Å². The van der Waals surface area contributed by atoms with Crippen LogP contribution in [0.15, 0.2) is 48.5 Å². The van der Waals surface area contributed by atoms with Gasteiger partial charge < -0.3 is 20.3 Å². The van der Waals surface area contributed by atoms with Crippen molar-refractivity contribution in [2.45, 2.75) is 19.8 Å². The molecule has 0 bridgehead atoms. The molecule has 2 heterocycles. The van der Waals surface area contributed by atoms with Crippen molar-refractivity contribution in [3.63, 3.8) is 0 Å². The fourth-order valence-corrected chi connectivity index (χ4v) is 4.38. The summed E-state index contributed by atoms with van der Waals surface area (Å²) in [6.07, 6.45) is 0.995. The first-order valence-corrected chi connectivity index (χ1v) is 11.9. The van der Waals surface area contributed by atoms with E-state index in [0.29, 0.717) is 24.3 Å². The number of hydrogen-bond acceptors (Lipinski definition) is 5. The lowest BCUT2D eigenvalue weighted by atomic mass is 10.1. The van der Waals surface area contributed by atoms with E-state index in [1.165, 1.54) is 0 Å². The van der Waals surface area contributed by atoms with Gasteiger partial charge in [0.1, 0.15) is 0 Å². The highest BCUT2D eigenvalue weighted by Gasteiger charge is 2.35. The molecule has 0 unspecified atom stereocenters. The minimum Gasteiger partial charge on any atom is -0.379 e. The number of anilines is 2. The molecule has 8 heteroatoms. The van der Waals surface area contributed by atoms with Crippen LogP contribution >= 0.6 is 0 Å². The second-order valence-electron chi connectivity index (χ2n) is 8.84. The van der Waals surface area contributed by atoms with Crippen LogP contribution in [0.3, 0.4) is 0 Å². The SMILES string of the molecule is Cc1cccc(N2C[C@H](C(=O)Nc3ccccc3C(=O)NCCCN3CCOCC3)CC2=O)c1. The summed E-state index contributed by atoms with van der Waals surface area (Å²) in [4.78, 5) is 42.3. The number of carbonyl (C=O) groups is 3. The van der Waals surface area contributed by atoms with E-state index in [1.54, 1.807) is 29.2 Å². The molecule has 2 saturated heterocycles. The van der Waals surface area contributed by atoms with E-state index in [9.17, 15) is 14.4 Å². The molecule has 0 saturated carbocycles. The molecule has 2 fully saturated rings. The van der Waals surface area contributed by atoms with Crippen molar-refractivity contribution in [3.05, 3.63) is 59.7 Å². The molecule has 2 aliphatic heterocycles. The van der Waals surface area contributed by atoms with Crippen molar-refractivity contribution in [3.8, 4) is 0 Å². The van der Waals surface area contributed by atoms with E-state index in [4.69, 9.17) is 4.74 Å². The van der Waals surface area contributed by atoms with Crippen molar-refractivity contribution in [1.29, 1.82) is 0 Å². The molecule has 0 aliphatic carbocycles. The maximum absolute atomic E-state index is 13.0. The molecule has 0 aromatic heterocycles. The standard InChI is InChI=1S/C26H32N4O4/c1-19-6-4-7-21(16-19)30-18-20(17-24(30)31)25(32)28-23-9-3-2-8-22(23)26(33)27-10-5-11-29-12-14-34-15-13-29/h2-4,6-9,16,20H,5,10-15,17-18H2,1H3,(H,27,33)(H,28,32)/t20-/m1/s1. The Labute approximate surface area is 200 Å². The third kappa shape index (κ3) is 6.01. The van der Waals surface area contributed by atoms with Gasteiger partial charge in [0.25, 0.3) is 5.91 Å². The Kier molecular flexibility index (Phi) is 7.92. The molecule has 34 heavy (non-hydrogen) atoms. The summed E-state index contributed by atoms with van der Waals surface area (Å²) in [5.74, 6) is -1.02. The van der Waals surface area contributed by atoms with E-state index < -0.39 is 5.92 Å². The van der Waals surface area contributed by atoms with Gasteiger partial charge in [-0.05, 0) is 49.7 Å². The number of nitrogens with one attached hydrogen (secondary N) is 2. The summed E-state index contributed by atoms with van der Waals surface area (Å²) in [6, 6.07) is 14.7. The highest BCUT2D eigenvalue weighted by atomic mass is 16.5. The topological polar surface area (TPSA) is 91.0 Å². The zero-order valence-corrected chi connectivity index (χ0v) is 19.6. The molecule has 3 amide bonds. The van der Waals surface area contributed by atoms with Gasteiger partial charge in [0.15, 0.2) is 0 Å². The molecule has 2 aromatic rings. The molecular formula is C26H32N4O4. The van der Waals surface area contributed by atoms with Crippen LogP contribution in [0.5, 0.6) is 0 Å².